The van der Waals surface area contributed by atoms with Crippen LogP contribution in [-0.2, 0) is 21.5 Å². The molecule has 0 saturated carbocycles. The summed E-state index contributed by atoms with van der Waals surface area (Å²) >= 11 is 0. The molecule has 1 unspecified atom stereocenters. The summed E-state index contributed by atoms with van der Waals surface area (Å²) in [6.45, 7) is 10.1. The molecule has 0 aromatic carbocycles. The molecule has 2 aliphatic rings. The Bertz CT molecular complexity index is 673. The first-order valence-corrected chi connectivity index (χ1v) is 9.57. The number of hydrogen-bond acceptors (Lipinski definition) is 6. The molecule has 1 N–H and O–H groups in total. The Morgan fingerprint density at radius 2 is 1.93 bits per heavy atom. The Morgan fingerprint density at radius 3 is 2.46 bits per heavy atom. The van der Waals surface area contributed by atoms with Crippen molar-refractivity contribution < 1.29 is 14.1 Å². The molecular weight excluding hydrogens is 475 g/mol. The number of aliphatic imine (C=N–C) groups is 1. The minimum Gasteiger partial charge on any atom is -0.368 e. The molecule has 0 spiro atoms. The molecule has 3 rings (SSSR count). The van der Waals surface area contributed by atoms with Gasteiger partial charge in [0.25, 0.3) is 5.91 Å². The lowest BCUT2D eigenvalue weighted by atomic mass is 9.97. The zero-order chi connectivity index (χ0) is 19.4. The Balaban J connectivity index is 0.00000280. The van der Waals surface area contributed by atoms with Gasteiger partial charge in [-0.2, -0.15) is 4.98 Å². The van der Waals surface area contributed by atoms with E-state index in [9.17, 15) is 4.79 Å². The molecule has 158 valence electrons. The second kappa shape index (κ2) is 9.86. The van der Waals surface area contributed by atoms with Gasteiger partial charge in [0.2, 0.25) is 5.89 Å². The number of guanidine groups is 1. The third-order valence-electron chi connectivity index (χ3n) is 4.82. The van der Waals surface area contributed by atoms with E-state index in [0.29, 0.717) is 38.0 Å². The number of carbonyl (C=O) groups is 1. The van der Waals surface area contributed by atoms with E-state index in [1.165, 1.54) is 0 Å². The van der Waals surface area contributed by atoms with Gasteiger partial charge in [0, 0.05) is 45.2 Å². The second-order valence-electron chi connectivity index (χ2n) is 7.98. The summed E-state index contributed by atoms with van der Waals surface area (Å²) in [7, 11) is 1.75. The number of nitrogens with one attached hydrogen (secondary N) is 1. The van der Waals surface area contributed by atoms with Crippen LogP contribution in [0.15, 0.2) is 9.52 Å². The maximum Gasteiger partial charge on any atom is 0.251 e. The normalized spacial score (nSPS) is 20.9. The molecule has 28 heavy (non-hydrogen) atoms. The molecule has 1 aromatic heterocycles. The smallest absolute Gasteiger partial charge is 0.251 e. The van der Waals surface area contributed by atoms with Crippen molar-refractivity contribution in [2.75, 3.05) is 39.8 Å². The number of carbonyl (C=O) groups excluding carboxylic acids is 1. The van der Waals surface area contributed by atoms with Crippen LogP contribution in [0.25, 0.3) is 0 Å². The van der Waals surface area contributed by atoms with Crippen molar-refractivity contribution in [3.05, 3.63) is 11.7 Å². The molecule has 1 aromatic rings. The summed E-state index contributed by atoms with van der Waals surface area (Å²) in [4.78, 5) is 25.3. The van der Waals surface area contributed by atoms with Crippen LogP contribution in [0, 0.1) is 0 Å². The van der Waals surface area contributed by atoms with Gasteiger partial charge in [0.15, 0.2) is 11.8 Å². The third kappa shape index (κ3) is 5.56. The Morgan fingerprint density at radius 1 is 1.25 bits per heavy atom. The average molecular weight is 506 g/mol. The molecule has 2 saturated heterocycles. The maximum absolute atomic E-state index is 12.5. The first-order chi connectivity index (χ1) is 12.9. The number of halogens is 1. The number of hydrogen-bond donors (Lipinski definition) is 1. The van der Waals surface area contributed by atoms with Crippen LogP contribution in [-0.4, -0.2) is 77.7 Å². The summed E-state index contributed by atoms with van der Waals surface area (Å²) in [6.07, 6.45) is 1.56. The molecule has 2 fully saturated rings. The molecule has 0 radical (unpaired) electrons. The van der Waals surface area contributed by atoms with Gasteiger partial charge in [-0.25, -0.2) is 0 Å². The quantitative estimate of drug-likeness (QED) is 0.376. The molecule has 3 heterocycles. The van der Waals surface area contributed by atoms with E-state index in [0.717, 1.165) is 31.9 Å². The fourth-order valence-electron chi connectivity index (χ4n) is 3.24. The monoisotopic (exact) mass is 506 g/mol. The minimum atomic E-state index is -0.246. The topological polar surface area (TPSA) is 96.1 Å². The second-order valence-corrected chi connectivity index (χ2v) is 7.98. The van der Waals surface area contributed by atoms with Crippen molar-refractivity contribution >= 4 is 35.8 Å². The van der Waals surface area contributed by atoms with E-state index in [1.807, 2.05) is 25.7 Å². The van der Waals surface area contributed by atoms with Gasteiger partial charge in [-0.15, -0.1) is 24.0 Å². The highest BCUT2D eigenvalue weighted by atomic mass is 127. The summed E-state index contributed by atoms with van der Waals surface area (Å²) in [6, 6.07) is 0. The molecule has 2 aliphatic heterocycles. The fourth-order valence-corrected chi connectivity index (χ4v) is 3.24. The summed E-state index contributed by atoms with van der Waals surface area (Å²) in [5.41, 5.74) is -0.168. The summed E-state index contributed by atoms with van der Waals surface area (Å²) in [5, 5.41) is 7.31. The summed E-state index contributed by atoms with van der Waals surface area (Å²) in [5.74, 6) is 2.13. The molecule has 0 bridgehead atoms. The Labute approximate surface area is 183 Å². The lowest BCUT2D eigenvalue weighted by molar-refractivity contribution is -0.142. The molecule has 9 nitrogen and oxygen atoms in total. The van der Waals surface area contributed by atoms with Crippen LogP contribution >= 0.6 is 24.0 Å². The van der Waals surface area contributed by atoms with Crippen LogP contribution in [0.1, 0.15) is 45.3 Å². The molecular formula is C18H31IN6O3. The molecule has 0 aliphatic carbocycles. The van der Waals surface area contributed by atoms with Crippen molar-refractivity contribution in [2.24, 2.45) is 4.99 Å². The van der Waals surface area contributed by atoms with Crippen molar-refractivity contribution in [3.63, 3.8) is 0 Å². The fraction of sp³-hybridized carbons (Fsp3) is 0.778. The lowest BCUT2D eigenvalue weighted by Crippen LogP contribution is -2.55. The number of nitrogens with zero attached hydrogens (tertiary/aromatic N) is 5. The molecule has 1 atom stereocenters. The van der Waals surface area contributed by atoms with Crippen molar-refractivity contribution in [2.45, 2.75) is 51.7 Å². The van der Waals surface area contributed by atoms with Gasteiger partial charge in [0.05, 0.1) is 6.54 Å². The summed E-state index contributed by atoms with van der Waals surface area (Å²) < 4.78 is 10.8. The van der Waals surface area contributed by atoms with E-state index in [1.54, 1.807) is 7.05 Å². The predicted octanol–water partition coefficient (Wildman–Crippen LogP) is 1.38. The van der Waals surface area contributed by atoms with Crippen LogP contribution in [0.3, 0.4) is 0 Å². The number of amides is 1. The maximum atomic E-state index is 12.5. The van der Waals surface area contributed by atoms with Crippen LogP contribution in [0.5, 0.6) is 0 Å². The average Bonchev–Trinajstić information content (AvgIpc) is 3.34. The van der Waals surface area contributed by atoms with Crippen molar-refractivity contribution in [1.29, 1.82) is 0 Å². The highest BCUT2D eigenvalue weighted by Gasteiger charge is 2.31. The van der Waals surface area contributed by atoms with Gasteiger partial charge < -0.3 is 24.4 Å². The van der Waals surface area contributed by atoms with Crippen molar-refractivity contribution in [1.82, 2.24) is 25.3 Å². The van der Waals surface area contributed by atoms with Gasteiger partial charge in [-0.05, 0) is 12.8 Å². The van der Waals surface area contributed by atoms with Gasteiger partial charge in [0.1, 0.15) is 6.10 Å². The van der Waals surface area contributed by atoms with Gasteiger partial charge >= 0.3 is 0 Å². The Kier molecular flexibility index (Phi) is 8.05. The van der Waals surface area contributed by atoms with Crippen molar-refractivity contribution in [3.8, 4) is 0 Å². The standard InChI is InChI=1S/C18H30N6O3.HI/c1-18(2,3)16-21-14(22-27-16)12-20-17(19-4)24-9-7-23(8-10-24)15(25)13-6-5-11-26-13;/h13H,5-12H2,1-4H3,(H,19,20);1H. The lowest BCUT2D eigenvalue weighted by Gasteiger charge is -2.37. The number of ether oxygens (including phenoxy) is 1. The SMILES string of the molecule is CN=C(NCc1noc(C(C)(C)C)n1)N1CCN(C(=O)C2CCCO2)CC1.I. The zero-order valence-electron chi connectivity index (χ0n) is 17.1. The highest BCUT2D eigenvalue weighted by molar-refractivity contribution is 14.0. The third-order valence-corrected chi connectivity index (χ3v) is 4.82. The number of aromatic nitrogens is 2. The predicted molar refractivity (Wildman–Crippen MR) is 116 cm³/mol. The van der Waals surface area contributed by atoms with E-state index in [4.69, 9.17) is 9.26 Å². The van der Waals surface area contributed by atoms with E-state index < -0.39 is 0 Å². The zero-order valence-corrected chi connectivity index (χ0v) is 19.4. The van der Waals surface area contributed by atoms with Gasteiger partial charge in [-0.1, -0.05) is 25.9 Å². The first-order valence-electron chi connectivity index (χ1n) is 9.57. The van der Waals surface area contributed by atoms with E-state index in [2.05, 4.69) is 25.3 Å². The minimum absolute atomic E-state index is 0. The largest absolute Gasteiger partial charge is 0.368 e. The number of piperazine rings is 1. The Hall–Kier alpha value is -1.43. The van der Waals surface area contributed by atoms with Crippen LogP contribution in [0.2, 0.25) is 0 Å². The van der Waals surface area contributed by atoms with Gasteiger partial charge in [-0.3, -0.25) is 9.79 Å². The highest BCUT2D eigenvalue weighted by Crippen LogP contribution is 2.19. The van der Waals surface area contributed by atoms with Crippen LogP contribution < -0.4 is 5.32 Å². The molecule has 10 heteroatoms. The van der Waals surface area contributed by atoms with E-state index >= 15 is 0 Å². The van der Waals surface area contributed by atoms with Crippen LogP contribution in [0.4, 0.5) is 0 Å². The number of rotatable bonds is 3. The van der Waals surface area contributed by atoms with E-state index in [-0.39, 0.29) is 41.4 Å². The molecule has 1 amide bonds. The first kappa shape index (κ1) is 22.9.